The fraction of sp³-hybridized carbons (Fsp3) is 0.696. The topological polar surface area (TPSA) is 93.1 Å². The molecule has 7 heteroatoms. The quantitative estimate of drug-likeness (QED) is 0.0543. The molecule has 0 amide bonds. The number of hydrogen-bond acceptors (Lipinski definition) is 7. The van der Waals surface area contributed by atoms with Crippen molar-refractivity contribution in [2.24, 2.45) is 0 Å². The Bertz CT molecular complexity index is 1140. The van der Waals surface area contributed by atoms with E-state index in [1.54, 1.807) is 12.1 Å². The number of ether oxygens (including phenoxy) is 2. The molecule has 0 aliphatic heterocycles. The van der Waals surface area contributed by atoms with E-state index in [1.165, 1.54) is 166 Å². The average molecular weight is 755 g/mol. The van der Waals surface area contributed by atoms with Gasteiger partial charge in [-0.3, -0.25) is 0 Å². The number of benzene rings is 2. The van der Waals surface area contributed by atoms with Gasteiger partial charge < -0.3 is 19.7 Å². The molecule has 0 bridgehead atoms. The highest BCUT2D eigenvalue weighted by Gasteiger charge is 2.16. The summed E-state index contributed by atoms with van der Waals surface area (Å²) >= 11 is 1.09. The van der Waals surface area contributed by atoms with Crippen LogP contribution in [0.5, 0.6) is 11.5 Å². The summed E-state index contributed by atoms with van der Waals surface area (Å²) in [5.41, 5.74) is 0.665. The van der Waals surface area contributed by atoms with E-state index in [0.29, 0.717) is 34.1 Å². The van der Waals surface area contributed by atoms with Gasteiger partial charge in [-0.1, -0.05) is 193 Å². The maximum absolute atomic E-state index is 12.8. The van der Waals surface area contributed by atoms with Gasteiger partial charge in [0.25, 0.3) is 0 Å². The van der Waals surface area contributed by atoms with Crippen molar-refractivity contribution in [2.45, 2.75) is 203 Å². The third-order valence-electron chi connectivity index (χ3n) is 10.1. The molecule has 0 atom stereocenters. The molecule has 6 nitrogen and oxygen atoms in total. The fourth-order valence-electron chi connectivity index (χ4n) is 6.65. The van der Waals surface area contributed by atoms with E-state index >= 15 is 0 Å². The first-order valence-corrected chi connectivity index (χ1v) is 22.5. The molecule has 0 aliphatic rings. The van der Waals surface area contributed by atoms with Gasteiger partial charge in [0.15, 0.2) is 0 Å². The number of carbonyl (C=O) groups is 2. The molecule has 0 saturated heterocycles. The number of rotatable bonds is 34. The first kappa shape index (κ1) is 46.5. The number of aromatic hydroxyl groups is 2. The molecule has 300 valence electrons. The van der Waals surface area contributed by atoms with E-state index in [2.05, 4.69) is 13.8 Å². The molecule has 0 fully saturated rings. The van der Waals surface area contributed by atoms with E-state index in [0.717, 1.165) is 50.3 Å². The maximum atomic E-state index is 12.8. The Morgan fingerprint density at radius 1 is 0.434 bits per heavy atom. The van der Waals surface area contributed by atoms with Gasteiger partial charge in [0.05, 0.1) is 34.1 Å². The predicted octanol–water partition coefficient (Wildman–Crippen LogP) is 14.5. The standard InChI is InChI=1S/C46H74O6S/c1-3-5-7-9-11-13-15-17-19-21-23-25-27-29-35-51-45(49)39-31-33-41(47)43(37-39)53-44-38-40(32-34-42(44)48)46(50)52-36-30-28-26-24-22-20-18-16-14-12-10-8-6-4-2/h31-34,37-38,47-48H,3-30,35-36H2,1-2H3. The Morgan fingerprint density at radius 3 is 0.981 bits per heavy atom. The molecule has 53 heavy (non-hydrogen) atoms. The minimum atomic E-state index is -0.438. The molecule has 0 spiro atoms. The van der Waals surface area contributed by atoms with Crippen molar-refractivity contribution >= 4 is 23.7 Å². The lowest BCUT2D eigenvalue weighted by Crippen LogP contribution is -2.07. The van der Waals surface area contributed by atoms with Gasteiger partial charge in [-0.15, -0.1) is 0 Å². The summed E-state index contributed by atoms with van der Waals surface area (Å²) in [4.78, 5) is 26.3. The smallest absolute Gasteiger partial charge is 0.338 e. The molecule has 0 heterocycles. The maximum Gasteiger partial charge on any atom is 0.338 e. The van der Waals surface area contributed by atoms with Crippen molar-refractivity contribution in [2.75, 3.05) is 13.2 Å². The van der Waals surface area contributed by atoms with Crippen molar-refractivity contribution in [3.8, 4) is 11.5 Å². The molecule has 0 aliphatic carbocycles. The third-order valence-corrected chi connectivity index (χ3v) is 11.2. The second-order valence-electron chi connectivity index (χ2n) is 14.9. The summed E-state index contributed by atoms with van der Waals surface area (Å²) in [7, 11) is 0. The molecule has 0 unspecified atom stereocenters. The van der Waals surface area contributed by atoms with Gasteiger partial charge in [-0.05, 0) is 49.2 Å². The first-order valence-electron chi connectivity index (χ1n) is 21.6. The number of phenols is 2. The lowest BCUT2D eigenvalue weighted by molar-refractivity contribution is 0.0488. The number of unbranched alkanes of at least 4 members (excludes halogenated alkanes) is 26. The van der Waals surface area contributed by atoms with Crippen LogP contribution in [0.1, 0.15) is 214 Å². The number of phenolic OH excluding ortho intramolecular Hbond substituents is 2. The largest absolute Gasteiger partial charge is 0.507 e. The molecule has 2 rings (SSSR count). The van der Waals surface area contributed by atoms with Crippen LogP contribution in [-0.2, 0) is 9.47 Å². The SMILES string of the molecule is CCCCCCCCCCCCCCCCOC(=O)c1ccc(O)c(Sc2cc(C(=O)OCCCCCCCCCCCCCCCC)ccc2O)c1. The second kappa shape index (κ2) is 31.7. The molecule has 2 aromatic rings. The minimum absolute atomic E-state index is 0.0243. The summed E-state index contributed by atoms with van der Waals surface area (Å²) in [5, 5.41) is 21.0. The van der Waals surface area contributed by atoms with E-state index < -0.39 is 11.9 Å². The zero-order chi connectivity index (χ0) is 38.2. The van der Waals surface area contributed by atoms with Gasteiger partial charge in [0.1, 0.15) is 11.5 Å². The third kappa shape index (κ3) is 23.0. The highest BCUT2D eigenvalue weighted by Crippen LogP contribution is 2.40. The van der Waals surface area contributed by atoms with Crippen LogP contribution in [0, 0.1) is 0 Å². The summed E-state index contributed by atoms with van der Waals surface area (Å²) < 4.78 is 11.0. The molecular weight excluding hydrogens is 681 g/mol. The normalized spacial score (nSPS) is 11.2. The summed E-state index contributed by atoms with van der Waals surface area (Å²) in [6, 6.07) is 9.12. The predicted molar refractivity (Wildman–Crippen MR) is 222 cm³/mol. The number of hydrogen-bond donors (Lipinski definition) is 2. The number of esters is 2. The van der Waals surface area contributed by atoms with Crippen LogP contribution >= 0.6 is 11.8 Å². The van der Waals surface area contributed by atoms with Gasteiger partial charge >= 0.3 is 11.9 Å². The Balaban J connectivity index is 1.61. The van der Waals surface area contributed by atoms with Crippen molar-refractivity contribution in [1.82, 2.24) is 0 Å². The van der Waals surface area contributed by atoms with Crippen LogP contribution in [-0.4, -0.2) is 35.4 Å². The Kier molecular flexibility index (Phi) is 27.8. The van der Waals surface area contributed by atoms with E-state index in [4.69, 9.17) is 9.47 Å². The average Bonchev–Trinajstić information content (AvgIpc) is 3.16. The van der Waals surface area contributed by atoms with Crippen LogP contribution in [0.25, 0.3) is 0 Å². The Labute approximate surface area is 327 Å². The highest BCUT2D eigenvalue weighted by atomic mass is 32.2. The van der Waals surface area contributed by atoms with Crippen molar-refractivity contribution in [1.29, 1.82) is 0 Å². The lowest BCUT2D eigenvalue weighted by Gasteiger charge is -2.11. The van der Waals surface area contributed by atoms with E-state index in [9.17, 15) is 19.8 Å². The summed E-state index contributed by atoms with van der Waals surface area (Å²) in [6.07, 6.45) is 35.6. The van der Waals surface area contributed by atoms with Crippen LogP contribution < -0.4 is 0 Å². The zero-order valence-electron chi connectivity index (χ0n) is 33.6. The molecule has 0 saturated carbocycles. The number of carbonyl (C=O) groups excluding carboxylic acids is 2. The zero-order valence-corrected chi connectivity index (χ0v) is 34.4. The molecule has 0 radical (unpaired) electrons. The monoisotopic (exact) mass is 755 g/mol. The fourth-order valence-corrected chi connectivity index (χ4v) is 7.61. The Hall–Kier alpha value is -2.67. The van der Waals surface area contributed by atoms with Crippen molar-refractivity contribution < 1.29 is 29.3 Å². The molecule has 2 aromatic carbocycles. The molecular formula is C46H74O6S. The molecule has 2 N–H and O–H groups in total. The van der Waals surface area contributed by atoms with Gasteiger partial charge in [0, 0.05) is 0 Å². The van der Waals surface area contributed by atoms with Gasteiger partial charge in [-0.2, -0.15) is 0 Å². The second-order valence-corrected chi connectivity index (χ2v) is 16.0. The summed E-state index contributed by atoms with van der Waals surface area (Å²) in [5.74, 6) is -0.925. The van der Waals surface area contributed by atoms with Crippen LogP contribution in [0.15, 0.2) is 46.2 Å². The summed E-state index contributed by atoms with van der Waals surface area (Å²) in [6.45, 7) is 5.26. The van der Waals surface area contributed by atoms with E-state index in [-0.39, 0.29) is 11.5 Å². The van der Waals surface area contributed by atoms with Gasteiger partial charge in [0.2, 0.25) is 0 Å². The highest BCUT2D eigenvalue weighted by molar-refractivity contribution is 7.99. The van der Waals surface area contributed by atoms with Crippen LogP contribution in [0.4, 0.5) is 0 Å². The minimum Gasteiger partial charge on any atom is -0.507 e. The van der Waals surface area contributed by atoms with Crippen LogP contribution in [0.3, 0.4) is 0 Å². The van der Waals surface area contributed by atoms with Gasteiger partial charge in [-0.25, -0.2) is 9.59 Å². The van der Waals surface area contributed by atoms with Crippen LogP contribution in [0.2, 0.25) is 0 Å². The Morgan fingerprint density at radius 2 is 0.698 bits per heavy atom. The first-order chi connectivity index (χ1) is 26.0. The van der Waals surface area contributed by atoms with E-state index in [1.807, 2.05) is 0 Å². The van der Waals surface area contributed by atoms with Crippen molar-refractivity contribution in [3.05, 3.63) is 47.5 Å². The van der Waals surface area contributed by atoms with Crippen molar-refractivity contribution in [3.63, 3.8) is 0 Å². The lowest BCUT2D eigenvalue weighted by atomic mass is 10.0. The molecule has 0 aromatic heterocycles.